The van der Waals surface area contributed by atoms with Gasteiger partial charge in [-0.1, -0.05) is 13.0 Å². The summed E-state index contributed by atoms with van der Waals surface area (Å²) in [5, 5.41) is 12.3. The first-order valence-corrected chi connectivity index (χ1v) is 7.50. The number of tetrazole rings is 1. The average molecular weight is 287 g/mol. The molecule has 1 heterocycles. The molecule has 6 heteroatoms. The topological polar surface area (TPSA) is 78.8 Å². The number of rotatable bonds is 4. The molecular weight excluding hydrogens is 266 g/mol. The molecule has 2 atom stereocenters. The fourth-order valence-electron chi connectivity index (χ4n) is 3.05. The molecule has 112 valence electrons. The molecule has 1 fully saturated rings. The highest BCUT2D eigenvalue weighted by Gasteiger charge is 2.27. The first kappa shape index (κ1) is 13.9. The van der Waals surface area contributed by atoms with Crippen LogP contribution in [0.2, 0.25) is 0 Å². The van der Waals surface area contributed by atoms with Crippen LogP contribution in [0.1, 0.15) is 39.2 Å². The minimum absolute atomic E-state index is 0.362. The van der Waals surface area contributed by atoms with Gasteiger partial charge in [0.1, 0.15) is 0 Å². The molecule has 0 spiro atoms. The van der Waals surface area contributed by atoms with Crippen molar-refractivity contribution in [1.82, 2.24) is 20.2 Å². The van der Waals surface area contributed by atoms with Gasteiger partial charge in [-0.15, -0.1) is 5.10 Å². The third-order valence-electron chi connectivity index (χ3n) is 4.08. The van der Waals surface area contributed by atoms with Gasteiger partial charge in [-0.3, -0.25) is 0 Å². The zero-order valence-corrected chi connectivity index (χ0v) is 12.5. The second-order valence-corrected chi connectivity index (χ2v) is 5.68. The maximum Gasteiger partial charge on any atom is 0.186 e. The van der Waals surface area contributed by atoms with E-state index in [1.165, 1.54) is 6.42 Å². The molecule has 21 heavy (non-hydrogen) atoms. The Bertz CT molecular complexity index is 624. The van der Waals surface area contributed by atoms with E-state index < -0.39 is 0 Å². The van der Waals surface area contributed by atoms with Crippen molar-refractivity contribution in [2.45, 2.75) is 39.2 Å². The van der Waals surface area contributed by atoms with E-state index in [4.69, 9.17) is 10.5 Å². The molecule has 1 saturated carbocycles. The highest BCUT2D eigenvalue weighted by Crippen LogP contribution is 2.38. The summed E-state index contributed by atoms with van der Waals surface area (Å²) in [6.45, 7) is 4.78. The number of aromatic nitrogens is 4. The third kappa shape index (κ3) is 2.57. The van der Waals surface area contributed by atoms with Gasteiger partial charge in [-0.25, -0.2) is 4.68 Å². The van der Waals surface area contributed by atoms with Gasteiger partial charge in [0, 0.05) is 0 Å². The van der Waals surface area contributed by atoms with Crippen LogP contribution < -0.4 is 10.5 Å². The molecule has 0 radical (unpaired) electrons. The Morgan fingerprint density at radius 3 is 2.95 bits per heavy atom. The van der Waals surface area contributed by atoms with Crippen molar-refractivity contribution in [3.8, 4) is 17.1 Å². The normalized spacial score (nSPS) is 21.6. The predicted octanol–water partition coefficient (Wildman–Crippen LogP) is 2.68. The molecule has 0 bridgehead atoms. The lowest BCUT2D eigenvalue weighted by Gasteiger charge is -2.15. The van der Waals surface area contributed by atoms with Crippen LogP contribution in [-0.2, 0) is 0 Å². The molecule has 2 aromatic rings. The van der Waals surface area contributed by atoms with Crippen molar-refractivity contribution >= 4 is 5.69 Å². The highest BCUT2D eigenvalue weighted by atomic mass is 16.5. The first-order chi connectivity index (χ1) is 10.2. The Kier molecular flexibility index (Phi) is 3.77. The lowest BCUT2D eigenvalue weighted by Crippen LogP contribution is -2.10. The van der Waals surface area contributed by atoms with Crippen LogP contribution in [-0.4, -0.2) is 26.8 Å². The molecule has 0 amide bonds. The van der Waals surface area contributed by atoms with Crippen LogP contribution in [0, 0.1) is 5.92 Å². The van der Waals surface area contributed by atoms with Crippen molar-refractivity contribution < 1.29 is 4.74 Å². The minimum atomic E-state index is 0.362. The van der Waals surface area contributed by atoms with Gasteiger partial charge in [0.25, 0.3) is 0 Å². The number of ether oxygens (including phenoxy) is 1. The molecule has 2 unspecified atom stereocenters. The van der Waals surface area contributed by atoms with Gasteiger partial charge in [-0.2, -0.15) is 0 Å². The van der Waals surface area contributed by atoms with Crippen LogP contribution in [0.5, 0.6) is 5.75 Å². The second kappa shape index (κ2) is 5.71. The van der Waals surface area contributed by atoms with Crippen molar-refractivity contribution in [2.24, 2.45) is 5.92 Å². The molecular formula is C15H21N5O. The lowest BCUT2D eigenvalue weighted by atomic mass is 10.1. The molecule has 6 nitrogen and oxygen atoms in total. The standard InChI is InChI=1S/C15H21N5O/c1-3-21-14-12(5-4-6-13(14)16)15-17-18-19-20(15)11-8-7-10(2)9-11/h4-6,10-11H,3,7-9,16H2,1-2H3. The lowest BCUT2D eigenvalue weighted by molar-refractivity contribution is 0.342. The van der Waals surface area contributed by atoms with Gasteiger partial charge >= 0.3 is 0 Å². The summed E-state index contributed by atoms with van der Waals surface area (Å²) >= 11 is 0. The van der Waals surface area contributed by atoms with E-state index in [0.29, 0.717) is 24.1 Å². The Balaban J connectivity index is 2.02. The minimum Gasteiger partial charge on any atom is -0.491 e. The zero-order chi connectivity index (χ0) is 14.8. The number of nitrogens with two attached hydrogens (primary N) is 1. The number of hydrogen-bond donors (Lipinski definition) is 1. The maximum atomic E-state index is 6.04. The molecule has 2 N–H and O–H groups in total. The number of hydrogen-bond acceptors (Lipinski definition) is 5. The molecule has 0 saturated heterocycles. The maximum absolute atomic E-state index is 6.04. The van der Waals surface area contributed by atoms with Gasteiger partial charge in [0.05, 0.1) is 23.9 Å². The Labute approximate surface area is 124 Å². The van der Waals surface area contributed by atoms with Crippen LogP contribution in [0.15, 0.2) is 18.2 Å². The summed E-state index contributed by atoms with van der Waals surface area (Å²) in [4.78, 5) is 0. The summed E-state index contributed by atoms with van der Waals surface area (Å²) in [7, 11) is 0. The largest absolute Gasteiger partial charge is 0.491 e. The third-order valence-corrected chi connectivity index (χ3v) is 4.08. The molecule has 0 aliphatic heterocycles. The van der Waals surface area contributed by atoms with E-state index in [0.717, 1.165) is 30.1 Å². The Morgan fingerprint density at radius 2 is 2.24 bits per heavy atom. The number of para-hydroxylation sites is 1. The molecule has 1 aliphatic carbocycles. The Morgan fingerprint density at radius 1 is 1.38 bits per heavy atom. The van der Waals surface area contributed by atoms with Gasteiger partial charge in [0.2, 0.25) is 0 Å². The fourth-order valence-corrected chi connectivity index (χ4v) is 3.05. The van der Waals surface area contributed by atoms with Crippen molar-refractivity contribution in [2.75, 3.05) is 12.3 Å². The summed E-state index contributed by atoms with van der Waals surface area (Å²) in [6.07, 6.45) is 3.45. The van der Waals surface area contributed by atoms with Gasteiger partial charge < -0.3 is 10.5 Å². The molecule has 1 aromatic carbocycles. The van der Waals surface area contributed by atoms with Gasteiger partial charge in [0.15, 0.2) is 11.6 Å². The second-order valence-electron chi connectivity index (χ2n) is 5.68. The highest BCUT2D eigenvalue weighted by molar-refractivity contribution is 5.73. The summed E-state index contributed by atoms with van der Waals surface area (Å²) < 4.78 is 7.63. The number of nitrogen functional groups attached to an aromatic ring is 1. The van der Waals surface area contributed by atoms with Crippen molar-refractivity contribution in [3.05, 3.63) is 18.2 Å². The summed E-state index contributed by atoms with van der Waals surface area (Å²) in [5.41, 5.74) is 7.51. The van der Waals surface area contributed by atoms with E-state index >= 15 is 0 Å². The van der Waals surface area contributed by atoms with Crippen LogP contribution >= 0.6 is 0 Å². The fraction of sp³-hybridized carbons (Fsp3) is 0.533. The summed E-state index contributed by atoms with van der Waals surface area (Å²) in [6, 6.07) is 6.06. The van der Waals surface area contributed by atoms with Crippen LogP contribution in [0.3, 0.4) is 0 Å². The van der Waals surface area contributed by atoms with E-state index in [1.807, 2.05) is 29.8 Å². The molecule has 3 rings (SSSR count). The predicted molar refractivity (Wildman–Crippen MR) is 80.9 cm³/mol. The molecule has 1 aromatic heterocycles. The summed E-state index contributed by atoms with van der Waals surface area (Å²) in [5.74, 6) is 2.13. The van der Waals surface area contributed by atoms with Crippen LogP contribution in [0.4, 0.5) is 5.69 Å². The first-order valence-electron chi connectivity index (χ1n) is 7.50. The smallest absolute Gasteiger partial charge is 0.186 e. The van der Waals surface area contributed by atoms with E-state index in [1.54, 1.807) is 0 Å². The van der Waals surface area contributed by atoms with E-state index in [-0.39, 0.29) is 0 Å². The van der Waals surface area contributed by atoms with E-state index in [9.17, 15) is 0 Å². The number of nitrogens with zero attached hydrogens (tertiary/aromatic N) is 4. The van der Waals surface area contributed by atoms with Crippen molar-refractivity contribution in [3.63, 3.8) is 0 Å². The zero-order valence-electron chi connectivity index (χ0n) is 12.5. The number of benzene rings is 1. The van der Waals surface area contributed by atoms with E-state index in [2.05, 4.69) is 22.4 Å². The SMILES string of the molecule is CCOc1c(N)cccc1-c1nnnn1C1CCC(C)C1. The van der Waals surface area contributed by atoms with Gasteiger partial charge in [-0.05, 0) is 54.7 Å². The Hall–Kier alpha value is -2.11. The monoisotopic (exact) mass is 287 g/mol. The molecule has 1 aliphatic rings. The number of anilines is 1. The average Bonchev–Trinajstić information content (AvgIpc) is 3.09. The quantitative estimate of drug-likeness (QED) is 0.875. The van der Waals surface area contributed by atoms with Crippen LogP contribution in [0.25, 0.3) is 11.4 Å². The van der Waals surface area contributed by atoms with Crippen molar-refractivity contribution in [1.29, 1.82) is 0 Å².